The molecule has 0 unspecified atom stereocenters. The summed E-state index contributed by atoms with van der Waals surface area (Å²) in [7, 11) is -0.560. The number of hydrogen-bond acceptors (Lipinski definition) is 5. The topological polar surface area (TPSA) is 96.0 Å². The van der Waals surface area contributed by atoms with Crippen molar-refractivity contribution in [3.8, 4) is 5.75 Å². The van der Waals surface area contributed by atoms with Crippen LogP contribution in [0.15, 0.2) is 72.8 Å². The van der Waals surface area contributed by atoms with E-state index in [0.29, 0.717) is 33.5 Å². The Morgan fingerprint density at radius 2 is 1.68 bits per heavy atom. The normalized spacial score (nSPS) is 11.9. The average molecular weight is 607 g/mol. The maximum absolute atomic E-state index is 13.7. The van der Waals surface area contributed by atoms with E-state index in [2.05, 4.69) is 5.32 Å². The fraction of sp³-hybridized carbons (Fsp3) is 0.310. The number of amides is 2. The highest BCUT2D eigenvalue weighted by Crippen LogP contribution is 2.25. The highest BCUT2D eigenvalue weighted by atomic mass is 35.5. The Kier molecular flexibility index (Phi) is 11.2. The van der Waals surface area contributed by atoms with Crippen LogP contribution in [0.4, 0.5) is 5.69 Å². The number of halogens is 2. The van der Waals surface area contributed by atoms with Gasteiger partial charge in [-0.2, -0.15) is 0 Å². The Balaban J connectivity index is 1.86. The zero-order valence-electron chi connectivity index (χ0n) is 22.6. The Morgan fingerprint density at radius 1 is 1.00 bits per heavy atom. The molecule has 0 radical (unpaired) electrons. The molecule has 0 aliphatic carbocycles. The van der Waals surface area contributed by atoms with Gasteiger partial charge in [0.25, 0.3) is 0 Å². The van der Waals surface area contributed by atoms with Crippen LogP contribution in [0.2, 0.25) is 10.0 Å². The number of carbonyl (C=O) groups excluding carboxylic acids is 2. The minimum atomic E-state index is -3.61. The number of nitrogens with zero attached hydrogens (tertiary/aromatic N) is 2. The van der Waals surface area contributed by atoms with Crippen molar-refractivity contribution in [1.82, 2.24) is 10.2 Å². The number of likely N-dealkylation sites (N-methyl/N-ethyl adjacent to an activating group) is 1. The van der Waals surface area contributed by atoms with Crippen LogP contribution in [0.3, 0.4) is 0 Å². The fourth-order valence-corrected chi connectivity index (χ4v) is 5.74. The molecule has 3 rings (SSSR count). The van der Waals surface area contributed by atoms with Crippen LogP contribution in [0, 0.1) is 0 Å². The van der Waals surface area contributed by atoms with Crippen molar-refractivity contribution >= 4 is 50.7 Å². The number of ether oxygens (including phenoxy) is 1. The summed E-state index contributed by atoms with van der Waals surface area (Å²) >= 11 is 12.5. The molecule has 0 aliphatic heterocycles. The average Bonchev–Trinajstić information content (AvgIpc) is 2.93. The number of sulfonamides is 1. The predicted octanol–water partition coefficient (Wildman–Crippen LogP) is 4.93. The summed E-state index contributed by atoms with van der Waals surface area (Å²) in [5.74, 6) is -0.0282. The first-order valence-electron chi connectivity index (χ1n) is 12.6. The van der Waals surface area contributed by atoms with E-state index in [1.54, 1.807) is 42.5 Å². The van der Waals surface area contributed by atoms with Gasteiger partial charge in [-0.25, -0.2) is 8.42 Å². The molecule has 0 saturated carbocycles. The van der Waals surface area contributed by atoms with E-state index >= 15 is 0 Å². The summed E-state index contributed by atoms with van der Waals surface area (Å²) < 4.78 is 31.5. The molecule has 1 N–H and O–H groups in total. The van der Waals surface area contributed by atoms with E-state index in [-0.39, 0.29) is 37.7 Å². The van der Waals surface area contributed by atoms with Gasteiger partial charge in [0.1, 0.15) is 11.8 Å². The summed E-state index contributed by atoms with van der Waals surface area (Å²) in [5.41, 5.74) is 1.99. The van der Waals surface area contributed by atoms with Gasteiger partial charge in [0, 0.05) is 43.0 Å². The van der Waals surface area contributed by atoms with Gasteiger partial charge in [-0.15, -0.1) is 0 Å². The van der Waals surface area contributed by atoms with Crippen molar-refractivity contribution in [2.75, 3.05) is 31.3 Å². The summed E-state index contributed by atoms with van der Waals surface area (Å²) in [5, 5.41) is 3.51. The molecular formula is C29H33Cl2N3O5S. The van der Waals surface area contributed by atoms with Gasteiger partial charge >= 0.3 is 0 Å². The predicted molar refractivity (Wildman–Crippen MR) is 159 cm³/mol. The monoisotopic (exact) mass is 605 g/mol. The van der Waals surface area contributed by atoms with Gasteiger partial charge in [-0.3, -0.25) is 13.9 Å². The fourth-order valence-electron chi connectivity index (χ4n) is 4.31. The van der Waals surface area contributed by atoms with Crippen molar-refractivity contribution in [3.63, 3.8) is 0 Å². The minimum absolute atomic E-state index is 0.00959. The zero-order valence-corrected chi connectivity index (χ0v) is 25.0. The Morgan fingerprint density at radius 3 is 2.25 bits per heavy atom. The molecule has 0 spiro atoms. The Bertz CT molecular complexity index is 1400. The quantitative estimate of drug-likeness (QED) is 0.298. The molecule has 0 bridgehead atoms. The lowest BCUT2D eigenvalue weighted by Gasteiger charge is -2.32. The molecule has 0 aliphatic rings. The lowest BCUT2D eigenvalue weighted by molar-refractivity contribution is -0.141. The number of nitrogens with one attached hydrogen (secondary N) is 1. The van der Waals surface area contributed by atoms with E-state index in [1.165, 1.54) is 23.4 Å². The molecule has 0 aromatic heterocycles. The second-order valence-corrected chi connectivity index (χ2v) is 12.0. The number of rotatable bonds is 13. The molecule has 8 nitrogen and oxygen atoms in total. The summed E-state index contributed by atoms with van der Waals surface area (Å²) in [6.45, 7) is 0.157. The van der Waals surface area contributed by atoms with Gasteiger partial charge < -0.3 is 15.0 Å². The van der Waals surface area contributed by atoms with E-state index in [4.69, 9.17) is 27.9 Å². The molecule has 40 heavy (non-hydrogen) atoms. The first-order chi connectivity index (χ1) is 19.0. The first kappa shape index (κ1) is 31.3. The van der Waals surface area contributed by atoms with Gasteiger partial charge in [0.05, 0.1) is 19.1 Å². The Labute approximate surface area is 245 Å². The molecule has 11 heteroatoms. The van der Waals surface area contributed by atoms with Crippen LogP contribution in [-0.4, -0.2) is 58.1 Å². The van der Waals surface area contributed by atoms with Crippen molar-refractivity contribution in [1.29, 1.82) is 0 Å². The van der Waals surface area contributed by atoms with E-state index in [9.17, 15) is 18.0 Å². The summed E-state index contributed by atoms with van der Waals surface area (Å²) in [6, 6.07) is 20.2. The van der Waals surface area contributed by atoms with Crippen molar-refractivity contribution < 1.29 is 22.7 Å². The smallest absolute Gasteiger partial charge is 0.242 e. The number of methoxy groups -OCH3 is 1. The molecule has 0 fully saturated rings. The highest BCUT2D eigenvalue weighted by Gasteiger charge is 2.30. The van der Waals surface area contributed by atoms with Crippen LogP contribution in [0.1, 0.15) is 24.0 Å². The maximum Gasteiger partial charge on any atom is 0.242 e. The van der Waals surface area contributed by atoms with Crippen LogP contribution in [0.5, 0.6) is 5.75 Å². The number of benzene rings is 3. The van der Waals surface area contributed by atoms with Gasteiger partial charge in [0.2, 0.25) is 21.8 Å². The molecule has 0 heterocycles. The number of hydrogen-bond donors (Lipinski definition) is 1. The van der Waals surface area contributed by atoms with Crippen molar-refractivity contribution in [2.24, 2.45) is 0 Å². The van der Waals surface area contributed by atoms with Crippen molar-refractivity contribution in [2.45, 2.75) is 31.8 Å². The Hall–Kier alpha value is -3.27. The standard InChI is InChI=1S/C29H33Cl2N3O5S/c1-32-29(36)27(18-21-8-5-4-6-9-21)33(20-22-11-12-23(30)19-26(22)31)28(35)10-7-17-34(40(3,37)38)24-13-15-25(39-2)16-14-24/h4-6,8-9,11-16,19,27H,7,10,17-18,20H2,1-3H3,(H,32,36)/t27-/m0/s1. The second-order valence-electron chi connectivity index (χ2n) is 9.21. The second kappa shape index (κ2) is 14.4. The largest absolute Gasteiger partial charge is 0.497 e. The maximum atomic E-state index is 13.7. The SMILES string of the molecule is CNC(=O)[C@H](Cc1ccccc1)N(Cc1ccc(Cl)cc1Cl)C(=O)CCCN(c1ccc(OC)cc1)S(C)(=O)=O. The van der Waals surface area contributed by atoms with Gasteiger partial charge in [-0.1, -0.05) is 59.6 Å². The van der Waals surface area contributed by atoms with Gasteiger partial charge in [-0.05, 0) is 53.9 Å². The van der Waals surface area contributed by atoms with Gasteiger partial charge in [0.15, 0.2) is 0 Å². The third-order valence-electron chi connectivity index (χ3n) is 6.39. The third-order valence-corrected chi connectivity index (χ3v) is 8.17. The lowest BCUT2D eigenvalue weighted by atomic mass is 10.0. The van der Waals surface area contributed by atoms with E-state index < -0.39 is 16.1 Å². The molecule has 3 aromatic rings. The first-order valence-corrected chi connectivity index (χ1v) is 15.2. The molecular weight excluding hydrogens is 573 g/mol. The molecule has 0 saturated heterocycles. The molecule has 2 amide bonds. The summed E-state index contributed by atoms with van der Waals surface area (Å²) in [6.07, 6.45) is 1.65. The molecule has 1 atom stereocenters. The minimum Gasteiger partial charge on any atom is -0.497 e. The number of anilines is 1. The molecule has 3 aromatic carbocycles. The summed E-state index contributed by atoms with van der Waals surface area (Å²) in [4.78, 5) is 28.3. The van der Waals surface area contributed by atoms with E-state index in [1.807, 2.05) is 30.3 Å². The number of carbonyl (C=O) groups is 2. The third kappa shape index (κ3) is 8.61. The lowest BCUT2D eigenvalue weighted by Crippen LogP contribution is -2.49. The van der Waals surface area contributed by atoms with Crippen LogP contribution < -0.4 is 14.4 Å². The zero-order chi connectivity index (χ0) is 29.3. The van der Waals surface area contributed by atoms with Crippen LogP contribution in [-0.2, 0) is 32.6 Å². The molecule has 214 valence electrons. The van der Waals surface area contributed by atoms with E-state index in [0.717, 1.165) is 11.8 Å². The van der Waals surface area contributed by atoms with Crippen LogP contribution in [0.25, 0.3) is 0 Å². The van der Waals surface area contributed by atoms with Crippen LogP contribution >= 0.6 is 23.2 Å². The van der Waals surface area contributed by atoms with Crippen molar-refractivity contribution in [3.05, 3.63) is 94.0 Å². The highest BCUT2D eigenvalue weighted by molar-refractivity contribution is 7.92.